The number of benzene rings is 1. The van der Waals surface area contributed by atoms with Crippen molar-refractivity contribution in [1.29, 1.82) is 0 Å². The molecule has 2 N–H and O–H groups in total. The second-order valence-corrected chi connectivity index (χ2v) is 7.75. The molecule has 2 saturated heterocycles. The molecule has 168 valence electrons. The molecule has 2 aliphatic heterocycles. The Balaban J connectivity index is 0.000000858. The zero-order chi connectivity index (χ0) is 22.4. The largest absolute Gasteiger partial charge is 0.483 e. The number of aryl methyl sites for hydroxylation is 1. The van der Waals surface area contributed by atoms with Gasteiger partial charge < -0.3 is 14.7 Å². The molecule has 4 rings (SSSR count). The minimum absolute atomic E-state index is 0.0412. The van der Waals surface area contributed by atoms with Gasteiger partial charge in [0.25, 0.3) is 6.47 Å². The Kier molecular flexibility index (Phi) is 7.69. The van der Waals surface area contributed by atoms with E-state index in [0.717, 1.165) is 36.7 Å². The van der Waals surface area contributed by atoms with Crippen LogP contribution >= 0.6 is 0 Å². The normalized spacial score (nSPS) is 22.7. The minimum Gasteiger partial charge on any atom is -0.483 e. The third kappa shape index (κ3) is 5.26. The van der Waals surface area contributed by atoms with E-state index in [4.69, 9.17) is 14.6 Å². The average molecular weight is 433 g/mol. The van der Waals surface area contributed by atoms with Crippen molar-refractivity contribution in [1.82, 2.24) is 25.0 Å². The first-order chi connectivity index (χ1) is 15.0. The van der Waals surface area contributed by atoms with Crippen LogP contribution < -0.4 is 0 Å². The first-order valence-electron chi connectivity index (χ1n) is 10.2. The number of carbonyl (C=O) groups excluding carboxylic acids is 1. The predicted molar refractivity (Wildman–Crippen MR) is 109 cm³/mol. The van der Waals surface area contributed by atoms with Crippen molar-refractivity contribution in [2.24, 2.45) is 11.8 Å². The summed E-state index contributed by atoms with van der Waals surface area (Å²) in [6.07, 6.45) is 0.806. The number of methoxy groups -OCH3 is 1. The molecule has 1 aromatic carbocycles. The fourth-order valence-corrected chi connectivity index (χ4v) is 4.62. The predicted octanol–water partition coefficient (Wildman–Crippen LogP) is 1.48. The van der Waals surface area contributed by atoms with Crippen LogP contribution in [-0.2, 0) is 27.3 Å². The van der Waals surface area contributed by atoms with Gasteiger partial charge in [-0.15, -0.1) is 0 Å². The molecular weight excluding hydrogens is 405 g/mol. The summed E-state index contributed by atoms with van der Waals surface area (Å²) >= 11 is 0. The first kappa shape index (κ1) is 22.8. The van der Waals surface area contributed by atoms with Gasteiger partial charge in [0, 0.05) is 39.1 Å². The number of nitrogens with one attached hydrogen (secondary N) is 1. The van der Waals surface area contributed by atoms with Crippen molar-refractivity contribution in [3.8, 4) is 0 Å². The van der Waals surface area contributed by atoms with E-state index in [1.54, 1.807) is 12.1 Å². The van der Waals surface area contributed by atoms with E-state index in [-0.39, 0.29) is 36.8 Å². The summed E-state index contributed by atoms with van der Waals surface area (Å²) in [4.78, 5) is 29.7. The quantitative estimate of drug-likeness (QED) is 0.664. The summed E-state index contributed by atoms with van der Waals surface area (Å²) in [5.74, 6) is 1.98. The summed E-state index contributed by atoms with van der Waals surface area (Å²) in [6, 6.07) is 6.48. The van der Waals surface area contributed by atoms with E-state index in [2.05, 4.69) is 20.1 Å². The lowest BCUT2D eigenvalue weighted by molar-refractivity contribution is -0.136. The van der Waals surface area contributed by atoms with Crippen molar-refractivity contribution < 1.29 is 23.8 Å². The molecule has 0 radical (unpaired) electrons. The summed E-state index contributed by atoms with van der Waals surface area (Å²) < 4.78 is 18.9. The Labute approximate surface area is 180 Å². The Bertz CT molecular complexity index is 892. The number of aromatic amines is 1. The zero-order valence-electron chi connectivity index (χ0n) is 17.7. The smallest absolute Gasteiger partial charge is 0.290 e. The van der Waals surface area contributed by atoms with Gasteiger partial charge in [0.2, 0.25) is 5.91 Å². The number of aromatic nitrogens is 3. The van der Waals surface area contributed by atoms with Crippen molar-refractivity contribution >= 4 is 12.4 Å². The van der Waals surface area contributed by atoms with Gasteiger partial charge in [-0.1, -0.05) is 19.1 Å². The van der Waals surface area contributed by atoms with Gasteiger partial charge in [0.05, 0.1) is 12.6 Å². The van der Waals surface area contributed by atoms with E-state index in [0.29, 0.717) is 19.0 Å². The van der Waals surface area contributed by atoms with Gasteiger partial charge >= 0.3 is 0 Å². The molecule has 1 amide bonds. The molecule has 0 unspecified atom stereocenters. The molecule has 2 fully saturated rings. The summed E-state index contributed by atoms with van der Waals surface area (Å²) in [7, 11) is 1.52. The number of amides is 1. The maximum absolute atomic E-state index is 13.9. The van der Waals surface area contributed by atoms with E-state index in [9.17, 15) is 9.18 Å². The zero-order valence-corrected chi connectivity index (χ0v) is 17.7. The summed E-state index contributed by atoms with van der Waals surface area (Å²) in [5, 5.41) is 14.1. The number of hydrogen-bond acceptors (Lipinski definition) is 6. The van der Waals surface area contributed by atoms with Gasteiger partial charge in [0.1, 0.15) is 24.1 Å². The number of halogens is 1. The Morgan fingerprint density at radius 1 is 1.39 bits per heavy atom. The van der Waals surface area contributed by atoms with E-state index in [1.807, 2.05) is 17.9 Å². The van der Waals surface area contributed by atoms with Crippen LogP contribution in [0.3, 0.4) is 0 Å². The van der Waals surface area contributed by atoms with E-state index >= 15 is 0 Å². The minimum atomic E-state index is -0.274. The topological polar surface area (TPSA) is 112 Å². The molecular formula is C21H28FN5O4. The van der Waals surface area contributed by atoms with Gasteiger partial charge in [0.15, 0.2) is 0 Å². The third-order valence-corrected chi connectivity index (χ3v) is 5.79. The third-order valence-electron chi connectivity index (χ3n) is 5.79. The second-order valence-electron chi connectivity index (χ2n) is 7.75. The summed E-state index contributed by atoms with van der Waals surface area (Å²) in [6.45, 7) is 4.93. The van der Waals surface area contributed by atoms with Crippen molar-refractivity contribution in [3.63, 3.8) is 0 Å². The maximum atomic E-state index is 13.9. The number of rotatable bonds is 6. The number of H-pyrrole nitrogens is 1. The first-order valence-corrected chi connectivity index (χ1v) is 10.2. The Morgan fingerprint density at radius 3 is 2.81 bits per heavy atom. The second kappa shape index (κ2) is 10.5. The molecule has 2 aliphatic rings. The molecule has 2 aromatic rings. The standard InChI is InChI=1S/C20H26FN5O2.CH2O2/c1-3-17-22-18(24-23-17)11-25-8-14-9-26(19(27)12-28-2)20(16(14)10-25)13-5-4-6-15(21)7-13;2-1-3/h4-7,14,16,20H,3,8-12H2,1-2H3,(H,22,23,24);1H,(H,2,3)/t14-,16-,20+;/m1./s1. The monoisotopic (exact) mass is 433 g/mol. The van der Waals surface area contributed by atoms with Crippen LogP contribution in [0.4, 0.5) is 4.39 Å². The van der Waals surface area contributed by atoms with Gasteiger partial charge in [-0.3, -0.25) is 19.6 Å². The van der Waals surface area contributed by atoms with Crippen LogP contribution in [0, 0.1) is 17.7 Å². The van der Waals surface area contributed by atoms with Crippen molar-refractivity contribution in [2.75, 3.05) is 33.4 Å². The molecule has 1 aromatic heterocycles. The lowest BCUT2D eigenvalue weighted by atomic mass is 9.89. The molecule has 0 saturated carbocycles. The number of nitrogens with zero attached hydrogens (tertiary/aromatic N) is 4. The number of hydrogen-bond donors (Lipinski definition) is 2. The van der Waals surface area contributed by atoms with Crippen LogP contribution in [0.15, 0.2) is 24.3 Å². The highest BCUT2D eigenvalue weighted by Gasteiger charge is 2.49. The molecule has 31 heavy (non-hydrogen) atoms. The SMILES string of the molecule is CCc1n[nH]c(CN2C[C@@H]3CN(C(=O)COC)[C@@H](c4cccc(F)c4)[C@@H]3C2)n1.O=CO. The van der Waals surface area contributed by atoms with Gasteiger partial charge in [-0.25, -0.2) is 9.37 Å². The van der Waals surface area contributed by atoms with Crippen LogP contribution in [0.5, 0.6) is 0 Å². The molecule has 9 nitrogen and oxygen atoms in total. The molecule has 0 aliphatic carbocycles. The number of carbonyl (C=O) groups is 2. The molecule has 0 bridgehead atoms. The number of likely N-dealkylation sites (tertiary alicyclic amines) is 2. The van der Waals surface area contributed by atoms with Gasteiger partial charge in [-0.2, -0.15) is 5.10 Å². The molecule has 0 spiro atoms. The highest BCUT2D eigenvalue weighted by Crippen LogP contribution is 2.45. The van der Waals surface area contributed by atoms with Crippen LogP contribution in [0.25, 0.3) is 0 Å². The Hall–Kier alpha value is -2.85. The fraction of sp³-hybridized carbons (Fsp3) is 0.524. The van der Waals surface area contributed by atoms with Crippen LogP contribution in [0.1, 0.15) is 30.2 Å². The molecule has 3 heterocycles. The molecule has 3 atom stereocenters. The fourth-order valence-electron chi connectivity index (χ4n) is 4.62. The molecule has 10 heteroatoms. The summed E-state index contributed by atoms with van der Waals surface area (Å²) in [5.41, 5.74) is 0.853. The van der Waals surface area contributed by atoms with E-state index in [1.165, 1.54) is 13.2 Å². The maximum Gasteiger partial charge on any atom is 0.290 e. The van der Waals surface area contributed by atoms with E-state index < -0.39 is 0 Å². The number of ether oxygens (including phenoxy) is 1. The highest BCUT2D eigenvalue weighted by molar-refractivity contribution is 5.78. The van der Waals surface area contributed by atoms with Crippen LogP contribution in [0.2, 0.25) is 0 Å². The lowest BCUT2D eigenvalue weighted by Gasteiger charge is -2.29. The highest BCUT2D eigenvalue weighted by atomic mass is 19.1. The Morgan fingerprint density at radius 2 is 2.16 bits per heavy atom. The average Bonchev–Trinajstić information content (AvgIpc) is 3.43. The van der Waals surface area contributed by atoms with Crippen molar-refractivity contribution in [2.45, 2.75) is 25.9 Å². The number of fused-ring (bicyclic) bond motifs is 1. The van der Waals surface area contributed by atoms with Crippen molar-refractivity contribution in [3.05, 3.63) is 47.3 Å². The number of carboxylic acid groups (broad SMARTS) is 1. The van der Waals surface area contributed by atoms with Crippen LogP contribution in [-0.4, -0.2) is 75.8 Å². The van der Waals surface area contributed by atoms with Gasteiger partial charge in [-0.05, 0) is 23.6 Å². The lowest BCUT2D eigenvalue weighted by Crippen LogP contribution is -2.37.